The van der Waals surface area contributed by atoms with Crippen molar-refractivity contribution in [3.05, 3.63) is 18.0 Å². The highest BCUT2D eigenvalue weighted by atomic mass is 16.5. The maximum absolute atomic E-state index is 12.0. The molecule has 1 saturated heterocycles. The van der Waals surface area contributed by atoms with Gasteiger partial charge in [-0.05, 0) is 12.8 Å². The Labute approximate surface area is 115 Å². The van der Waals surface area contributed by atoms with Gasteiger partial charge in [0.2, 0.25) is 5.91 Å². The summed E-state index contributed by atoms with van der Waals surface area (Å²) in [6.07, 6.45) is 3.45. The molecule has 1 aromatic rings. The maximum Gasteiger partial charge on any atom is 0.331 e. The van der Waals surface area contributed by atoms with Crippen LogP contribution in [0.4, 0.5) is 0 Å². The molecule has 0 aliphatic carbocycles. The van der Waals surface area contributed by atoms with Gasteiger partial charge in [0.05, 0.1) is 12.3 Å². The zero-order valence-corrected chi connectivity index (χ0v) is 11.2. The summed E-state index contributed by atoms with van der Waals surface area (Å²) in [5, 5.41) is 15.6. The van der Waals surface area contributed by atoms with Crippen LogP contribution in [0.5, 0.6) is 0 Å². The standard InChI is InChI=1S/C12H18N4O4/c1-16-6-7(5-14-16)10(12(18)19)15-11(17)9-3-2-8(4-13)20-9/h5-6,8-10H,2-4,13H2,1H3,(H,15,17)(H,18,19). The fourth-order valence-corrected chi connectivity index (χ4v) is 2.18. The van der Waals surface area contributed by atoms with Crippen LogP contribution in [-0.4, -0.2) is 45.5 Å². The van der Waals surface area contributed by atoms with Crippen LogP contribution < -0.4 is 11.1 Å². The summed E-state index contributed by atoms with van der Waals surface area (Å²) in [5.74, 6) is -1.57. The molecule has 20 heavy (non-hydrogen) atoms. The number of nitrogens with zero attached hydrogens (tertiary/aromatic N) is 2. The van der Waals surface area contributed by atoms with Crippen molar-refractivity contribution in [3.63, 3.8) is 0 Å². The molecular weight excluding hydrogens is 264 g/mol. The van der Waals surface area contributed by atoms with Gasteiger partial charge in [0.25, 0.3) is 0 Å². The van der Waals surface area contributed by atoms with Crippen molar-refractivity contribution in [1.29, 1.82) is 0 Å². The number of amides is 1. The highest BCUT2D eigenvalue weighted by molar-refractivity contribution is 5.87. The second-order valence-electron chi connectivity index (χ2n) is 4.79. The number of nitrogens with one attached hydrogen (secondary N) is 1. The van der Waals surface area contributed by atoms with Crippen molar-refractivity contribution in [1.82, 2.24) is 15.1 Å². The van der Waals surface area contributed by atoms with E-state index in [1.165, 1.54) is 10.9 Å². The fraction of sp³-hybridized carbons (Fsp3) is 0.583. The van der Waals surface area contributed by atoms with E-state index in [0.717, 1.165) is 0 Å². The quantitative estimate of drug-likeness (QED) is 0.648. The molecule has 110 valence electrons. The molecule has 8 nitrogen and oxygen atoms in total. The molecule has 1 fully saturated rings. The number of carboxylic acids is 1. The minimum absolute atomic E-state index is 0.132. The summed E-state index contributed by atoms with van der Waals surface area (Å²) in [5.41, 5.74) is 5.90. The van der Waals surface area contributed by atoms with Crippen LogP contribution in [0.1, 0.15) is 24.4 Å². The predicted octanol–water partition coefficient (Wildman–Crippen LogP) is -0.832. The Bertz CT molecular complexity index is 501. The van der Waals surface area contributed by atoms with Crippen molar-refractivity contribution in [2.24, 2.45) is 12.8 Å². The lowest BCUT2D eigenvalue weighted by molar-refractivity contribution is -0.144. The molecule has 1 aromatic heterocycles. The van der Waals surface area contributed by atoms with Crippen molar-refractivity contribution < 1.29 is 19.4 Å². The zero-order valence-electron chi connectivity index (χ0n) is 11.2. The van der Waals surface area contributed by atoms with Gasteiger partial charge in [-0.3, -0.25) is 9.48 Å². The molecule has 0 spiro atoms. The number of carboxylic acid groups (broad SMARTS) is 1. The maximum atomic E-state index is 12.0. The molecule has 1 amide bonds. The first-order valence-corrected chi connectivity index (χ1v) is 6.38. The third-order valence-corrected chi connectivity index (χ3v) is 3.25. The number of nitrogens with two attached hydrogens (primary N) is 1. The van der Waals surface area contributed by atoms with E-state index in [1.807, 2.05) is 0 Å². The van der Waals surface area contributed by atoms with Gasteiger partial charge in [-0.15, -0.1) is 0 Å². The molecule has 1 aliphatic rings. The second kappa shape index (κ2) is 6.02. The molecule has 0 radical (unpaired) electrons. The molecule has 8 heteroatoms. The van der Waals surface area contributed by atoms with Gasteiger partial charge in [0.1, 0.15) is 6.10 Å². The van der Waals surface area contributed by atoms with Gasteiger partial charge in [0.15, 0.2) is 6.04 Å². The van der Waals surface area contributed by atoms with Crippen LogP contribution in [-0.2, 0) is 21.4 Å². The highest BCUT2D eigenvalue weighted by Gasteiger charge is 2.33. The lowest BCUT2D eigenvalue weighted by Gasteiger charge is -2.17. The van der Waals surface area contributed by atoms with Crippen molar-refractivity contribution >= 4 is 11.9 Å². The number of rotatable bonds is 5. The first-order valence-electron chi connectivity index (χ1n) is 6.38. The van der Waals surface area contributed by atoms with Gasteiger partial charge in [-0.25, -0.2) is 4.79 Å². The van der Waals surface area contributed by atoms with Crippen LogP contribution in [0, 0.1) is 0 Å². The summed E-state index contributed by atoms with van der Waals surface area (Å²) in [6, 6.07) is -1.13. The Kier molecular flexibility index (Phi) is 4.35. The van der Waals surface area contributed by atoms with E-state index in [4.69, 9.17) is 10.5 Å². The molecule has 0 aromatic carbocycles. The first kappa shape index (κ1) is 14.5. The number of ether oxygens (including phenoxy) is 1. The largest absolute Gasteiger partial charge is 0.479 e. The van der Waals surface area contributed by atoms with E-state index in [1.54, 1.807) is 13.2 Å². The van der Waals surface area contributed by atoms with E-state index in [2.05, 4.69) is 10.4 Å². The first-order chi connectivity index (χ1) is 9.51. The van der Waals surface area contributed by atoms with Crippen LogP contribution in [0.2, 0.25) is 0 Å². The van der Waals surface area contributed by atoms with E-state index >= 15 is 0 Å². The minimum Gasteiger partial charge on any atom is -0.479 e. The lowest BCUT2D eigenvalue weighted by Crippen LogP contribution is -2.40. The van der Waals surface area contributed by atoms with Crippen molar-refractivity contribution in [2.75, 3.05) is 6.54 Å². The molecule has 0 bridgehead atoms. The minimum atomic E-state index is -1.14. The molecule has 2 rings (SSSR count). The number of hydrogen-bond acceptors (Lipinski definition) is 5. The number of hydrogen-bond donors (Lipinski definition) is 3. The molecule has 3 unspecified atom stereocenters. The highest BCUT2D eigenvalue weighted by Crippen LogP contribution is 2.20. The Balaban J connectivity index is 2.02. The van der Waals surface area contributed by atoms with Crippen molar-refractivity contribution in [2.45, 2.75) is 31.1 Å². The summed E-state index contributed by atoms with van der Waals surface area (Å²) < 4.78 is 6.92. The van der Waals surface area contributed by atoms with Gasteiger partial charge in [-0.1, -0.05) is 0 Å². The lowest BCUT2D eigenvalue weighted by atomic mass is 10.1. The van der Waals surface area contributed by atoms with Crippen LogP contribution >= 0.6 is 0 Å². The van der Waals surface area contributed by atoms with E-state index < -0.39 is 24.0 Å². The van der Waals surface area contributed by atoms with Gasteiger partial charge in [-0.2, -0.15) is 5.10 Å². The SMILES string of the molecule is Cn1cc(C(NC(=O)C2CCC(CN)O2)C(=O)O)cn1. The number of aromatic nitrogens is 2. The Morgan fingerprint density at radius 1 is 1.65 bits per heavy atom. The van der Waals surface area contributed by atoms with E-state index in [-0.39, 0.29) is 6.10 Å². The van der Waals surface area contributed by atoms with Crippen LogP contribution in [0.15, 0.2) is 12.4 Å². The topological polar surface area (TPSA) is 119 Å². The Hall–Kier alpha value is -1.93. The molecule has 0 saturated carbocycles. The average molecular weight is 282 g/mol. The number of aliphatic carboxylic acids is 1. The molecular formula is C12H18N4O4. The van der Waals surface area contributed by atoms with Crippen LogP contribution in [0.25, 0.3) is 0 Å². The Morgan fingerprint density at radius 2 is 2.40 bits per heavy atom. The predicted molar refractivity (Wildman–Crippen MR) is 68.7 cm³/mol. The van der Waals surface area contributed by atoms with Crippen molar-refractivity contribution in [3.8, 4) is 0 Å². The number of carbonyl (C=O) groups is 2. The summed E-state index contributed by atoms with van der Waals surface area (Å²) >= 11 is 0. The van der Waals surface area contributed by atoms with Gasteiger partial charge >= 0.3 is 5.97 Å². The third-order valence-electron chi connectivity index (χ3n) is 3.25. The summed E-state index contributed by atoms with van der Waals surface area (Å²) in [4.78, 5) is 23.3. The summed E-state index contributed by atoms with van der Waals surface area (Å²) in [6.45, 7) is 0.356. The Morgan fingerprint density at radius 3 is 2.90 bits per heavy atom. The fourth-order valence-electron chi connectivity index (χ4n) is 2.18. The smallest absolute Gasteiger partial charge is 0.331 e. The normalized spacial score (nSPS) is 23.5. The zero-order chi connectivity index (χ0) is 14.7. The monoisotopic (exact) mass is 282 g/mol. The number of aryl methyl sites for hydroxylation is 1. The van der Waals surface area contributed by atoms with E-state index in [9.17, 15) is 14.7 Å². The molecule has 1 aliphatic heterocycles. The molecule has 2 heterocycles. The van der Waals surface area contributed by atoms with Gasteiger partial charge < -0.3 is 20.9 Å². The summed E-state index contributed by atoms with van der Waals surface area (Å²) in [7, 11) is 1.68. The third kappa shape index (κ3) is 3.14. The molecule has 4 N–H and O–H groups in total. The number of carbonyl (C=O) groups excluding carboxylic acids is 1. The van der Waals surface area contributed by atoms with Crippen LogP contribution in [0.3, 0.4) is 0 Å². The van der Waals surface area contributed by atoms with E-state index in [0.29, 0.717) is 24.9 Å². The average Bonchev–Trinajstić information content (AvgIpc) is 3.03. The molecule has 3 atom stereocenters. The second-order valence-corrected chi connectivity index (χ2v) is 4.79. The van der Waals surface area contributed by atoms with Gasteiger partial charge in [0, 0.05) is 25.4 Å².